The number of hydrogen-bond donors (Lipinski definition) is 0. The van der Waals surface area contributed by atoms with Crippen LogP contribution in [0.5, 0.6) is 0 Å². The largest absolute Gasteiger partial charge is 0.378 e. The van der Waals surface area contributed by atoms with Gasteiger partial charge in [-0.25, -0.2) is 4.68 Å². The van der Waals surface area contributed by atoms with Crippen LogP contribution in [0.2, 0.25) is 0 Å². The maximum atomic E-state index is 5.33. The highest BCUT2D eigenvalue weighted by atomic mass is 16.5. The summed E-state index contributed by atoms with van der Waals surface area (Å²) in [5.41, 5.74) is 3.19. The molecule has 7 heteroatoms. The molecule has 2 aromatic heterocycles. The second kappa shape index (κ2) is 6.29. The van der Waals surface area contributed by atoms with E-state index in [2.05, 4.69) is 20.4 Å². The third-order valence-corrected chi connectivity index (χ3v) is 5.61. The van der Waals surface area contributed by atoms with Crippen molar-refractivity contribution in [1.29, 1.82) is 0 Å². The monoisotopic (exact) mass is 331 g/mol. The van der Waals surface area contributed by atoms with Crippen LogP contribution in [-0.2, 0) is 17.9 Å². The van der Waals surface area contributed by atoms with Gasteiger partial charge in [-0.2, -0.15) is 0 Å². The molecule has 0 aromatic carbocycles. The maximum Gasteiger partial charge on any atom is 0.138 e. The number of methoxy groups -OCH3 is 1. The summed E-state index contributed by atoms with van der Waals surface area (Å²) >= 11 is 0. The van der Waals surface area contributed by atoms with E-state index in [0.717, 1.165) is 36.5 Å². The lowest BCUT2D eigenvalue weighted by Crippen LogP contribution is -2.43. The topological polar surface area (TPSA) is 69.2 Å². The Morgan fingerprint density at radius 1 is 1.21 bits per heavy atom. The Kier molecular flexibility index (Phi) is 4.14. The summed E-state index contributed by atoms with van der Waals surface area (Å²) in [5.74, 6) is 0.953. The Balaban J connectivity index is 1.47. The zero-order valence-electron chi connectivity index (χ0n) is 14.6. The molecule has 0 saturated carbocycles. The fourth-order valence-electron chi connectivity index (χ4n) is 4.34. The number of nitrogens with zero attached hydrogens (tertiary/aromatic N) is 5. The van der Waals surface area contributed by atoms with Gasteiger partial charge in [0.2, 0.25) is 0 Å². The molecule has 2 aromatic rings. The number of rotatable bonds is 5. The van der Waals surface area contributed by atoms with Crippen molar-refractivity contribution in [3.05, 3.63) is 28.9 Å². The van der Waals surface area contributed by atoms with E-state index in [4.69, 9.17) is 9.26 Å². The molecule has 2 saturated heterocycles. The van der Waals surface area contributed by atoms with E-state index in [-0.39, 0.29) is 0 Å². The third-order valence-electron chi connectivity index (χ3n) is 5.61. The lowest BCUT2D eigenvalue weighted by Gasteiger charge is -2.38. The lowest BCUT2D eigenvalue weighted by molar-refractivity contribution is 0.0938. The van der Waals surface area contributed by atoms with Crippen molar-refractivity contribution in [3.63, 3.8) is 0 Å². The molecule has 130 valence electrons. The van der Waals surface area contributed by atoms with Crippen molar-refractivity contribution in [2.75, 3.05) is 7.11 Å². The zero-order chi connectivity index (χ0) is 16.7. The Morgan fingerprint density at radius 3 is 2.58 bits per heavy atom. The van der Waals surface area contributed by atoms with Crippen LogP contribution in [-0.4, -0.2) is 44.2 Å². The van der Waals surface area contributed by atoms with E-state index in [0.29, 0.717) is 24.7 Å². The maximum absolute atomic E-state index is 5.33. The number of ether oxygens (including phenoxy) is 1. The van der Waals surface area contributed by atoms with Crippen LogP contribution in [0.25, 0.3) is 0 Å². The molecule has 2 atom stereocenters. The van der Waals surface area contributed by atoms with E-state index in [1.165, 1.54) is 18.4 Å². The minimum Gasteiger partial charge on any atom is -0.378 e. The summed E-state index contributed by atoms with van der Waals surface area (Å²) in [6.07, 6.45) is 6.84. The fourth-order valence-corrected chi connectivity index (χ4v) is 4.34. The van der Waals surface area contributed by atoms with Crippen molar-refractivity contribution in [1.82, 2.24) is 25.1 Å². The molecule has 24 heavy (non-hydrogen) atoms. The molecule has 0 N–H and O–H groups in total. The van der Waals surface area contributed by atoms with Gasteiger partial charge in [0.15, 0.2) is 0 Å². The van der Waals surface area contributed by atoms with Crippen LogP contribution in [0.15, 0.2) is 10.7 Å². The van der Waals surface area contributed by atoms with Gasteiger partial charge in [-0.3, -0.25) is 4.90 Å². The van der Waals surface area contributed by atoms with Crippen LogP contribution in [0.3, 0.4) is 0 Å². The summed E-state index contributed by atoms with van der Waals surface area (Å²) in [6, 6.07) is 1.66. The van der Waals surface area contributed by atoms with Gasteiger partial charge in [0, 0.05) is 31.3 Å². The number of fused-ring (bicyclic) bond motifs is 2. The quantitative estimate of drug-likeness (QED) is 0.838. The van der Waals surface area contributed by atoms with Crippen LogP contribution >= 0.6 is 0 Å². The van der Waals surface area contributed by atoms with E-state index >= 15 is 0 Å². The van der Waals surface area contributed by atoms with Crippen LogP contribution in [0.1, 0.15) is 54.4 Å². The van der Waals surface area contributed by atoms with Gasteiger partial charge in [-0.1, -0.05) is 10.4 Å². The average Bonchev–Trinajstić information content (AvgIpc) is 3.21. The fraction of sp³-hybridized carbons (Fsp3) is 0.706. The minimum absolute atomic E-state index is 0.446. The van der Waals surface area contributed by atoms with Gasteiger partial charge in [0.1, 0.15) is 11.5 Å². The first-order chi connectivity index (χ1) is 11.7. The summed E-state index contributed by atoms with van der Waals surface area (Å²) in [5, 5.41) is 12.6. The highest BCUT2D eigenvalue weighted by Gasteiger charge is 2.42. The highest BCUT2D eigenvalue weighted by Crippen LogP contribution is 2.41. The van der Waals surface area contributed by atoms with Gasteiger partial charge in [0.05, 0.1) is 24.5 Å². The molecule has 0 aliphatic carbocycles. The first-order valence-electron chi connectivity index (χ1n) is 8.73. The van der Waals surface area contributed by atoms with Gasteiger partial charge in [0.25, 0.3) is 0 Å². The predicted octanol–water partition coefficient (Wildman–Crippen LogP) is 2.40. The van der Waals surface area contributed by atoms with Crippen molar-refractivity contribution in [2.24, 2.45) is 0 Å². The van der Waals surface area contributed by atoms with Crippen molar-refractivity contribution in [2.45, 2.75) is 70.8 Å². The first kappa shape index (κ1) is 15.8. The van der Waals surface area contributed by atoms with Gasteiger partial charge in [-0.15, -0.1) is 5.10 Å². The van der Waals surface area contributed by atoms with E-state index < -0.39 is 0 Å². The SMILES string of the molecule is COCc1cn(C2CC3CCC(C2)N3Cc2c(C)noc2C)nn1. The summed E-state index contributed by atoms with van der Waals surface area (Å²) < 4.78 is 12.5. The van der Waals surface area contributed by atoms with Gasteiger partial charge >= 0.3 is 0 Å². The van der Waals surface area contributed by atoms with Crippen LogP contribution in [0, 0.1) is 13.8 Å². The molecule has 7 nitrogen and oxygen atoms in total. The third kappa shape index (κ3) is 2.75. The normalized spacial score (nSPS) is 27.0. The standard InChI is InChI=1S/C17H25N5O2/c1-11-17(12(2)24-19-11)9-21-14-4-5-15(21)7-16(6-14)22-8-13(10-23-3)18-20-22/h8,14-16H,4-7,9-10H2,1-3H3. The molecule has 2 aliphatic heterocycles. The van der Waals surface area contributed by atoms with E-state index in [1.54, 1.807) is 7.11 Å². The molecule has 2 unspecified atom stereocenters. The van der Waals surface area contributed by atoms with Crippen molar-refractivity contribution in [3.8, 4) is 0 Å². The molecular weight excluding hydrogens is 306 g/mol. The lowest BCUT2D eigenvalue weighted by atomic mass is 9.96. The number of aryl methyl sites for hydroxylation is 2. The van der Waals surface area contributed by atoms with Crippen LogP contribution < -0.4 is 0 Å². The second-order valence-corrected chi connectivity index (χ2v) is 7.11. The van der Waals surface area contributed by atoms with E-state index in [9.17, 15) is 0 Å². The zero-order valence-corrected chi connectivity index (χ0v) is 14.6. The predicted molar refractivity (Wildman–Crippen MR) is 87.3 cm³/mol. The second-order valence-electron chi connectivity index (χ2n) is 7.11. The van der Waals surface area contributed by atoms with Crippen molar-refractivity contribution < 1.29 is 9.26 Å². The van der Waals surface area contributed by atoms with Crippen LogP contribution in [0.4, 0.5) is 0 Å². The molecular formula is C17H25N5O2. The molecule has 0 amide bonds. The Morgan fingerprint density at radius 2 is 1.96 bits per heavy atom. The number of aromatic nitrogens is 4. The number of hydrogen-bond acceptors (Lipinski definition) is 6. The molecule has 2 bridgehead atoms. The molecule has 2 fully saturated rings. The van der Waals surface area contributed by atoms with Crippen molar-refractivity contribution >= 4 is 0 Å². The Bertz CT molecular complexity index is 676. The smallest absolute Gasteiger partial charge is 0.138 e. The number of piperidine rings is 1. The Labute approximate surface area is 141 Å². The molecule has 4 rings (SSSR count). The summed E-state index contributed by atoms with van der Waals surface area (Å²) in [7, 11) is 1.69. The molecule has 2 aliphatic rings. The molecule has 4 heterocycles. The van der Waals surface area contributed by atoms with E-state index in [1.807, 2.05) is 24.7 Å². The highest BCUT2D eigenvalue weighted by molar-refractivity contribution is 5.21. The average molecular weight is 331 g/mol. The van der Waals surface area contributed by atoms with Gasteiger partial charge < -0.3 is 9.26 Å². The Hall–Kier alpha value is -1.73. The molecule has 0 radical (unpaired) electrons. The first-order valence-corrected chi connectivity index (χ1v) is 8.73. The summed E-state index contributed by atoms with van der Waals surface area (Å²) in [4.78, 5) is 2.65. The minimum atomic E-state index is 0.446. The summed E-state index contributed by atoms with van der Waals surface area (Å²) in [6.45, 7) is 5.53. The molecule has 0 spiro atoms. The van der Waals surface area contributed by atoms with Gasteiger partial charge in [-0.05, 0) is 39.5 Å².